The molecule has 47 heavy (non-hydrogen) atoms. The molecule has 2 aromatic heterocycles. The van der Waals surface area contributed by atoms with Crippen molar-refractivity contribution in [3.63, 3.8) is 0 Å². The summed E-state index contributed by atoms with van der Waals surface area (Å²) in [7, 11) is 0. The largest absolute Gasteiger partial charge is 0.256 e. The molecule has 0 amide bonds. The summed E-state index contributed by atoms with van der Waals surface area (Å²) < 4.78 is 0. The fraction of sp³-hybridized carbons (Fsp3) is 0.0222. The number of hydrogen-bond donors (Lipinski definition) is 0. The van der Waals surface area contributed by atoms with E-state index < -0.39 is 5.41 Å². The number of aromatic nitrogens is 2. The quantitative estimate of drug-likeness (QED) is 0.197. The Hall–Kier alpha value is -6.12. The maximum Gasteiger partial charge on any atom is 0.0713 e. The van der Waals surface area contributed by atoms with E-state index >= 15 is 0 Å². The topological polar surface area (TPSA) is 25.8 Å². The van der Waals surface area contributed by atoms with Gasteiger partial charge in [0.25, 0.3) is 0 Å². The van der Waals surface area contributed by atoms with Crippen LogP contribution in [-0.2, 0) is 5.41 Å². The van der Waals surface area contributed by atoms with Crippen molar-refractivity contribution in [2.45, 2.75) is 5.41 Å². The van der Waals surface area contributed by atoms with Crippen molar-refractivity contribution >= 4 is 10.9 Å². The molecule has 0 radical (unpaired) electrons. The molecule has 0 saturated heterocycles. The maximum atomic E-state index is 4.62. The molecule has 0 bridgehead atoms. The summed E-state index contributed by atoms with van der Waals surface area (Å²) in [5.74, 6) is 0. The van der Waals surface area contributed by atoms with Crippen molar-refractivity contribution in [3.8, 4) is 44.6 Å². The van der Waals surface area contributed by atoms with Crippen LogP contribution in [0.5, 0.6) is 0 Å². The molecule has 2 heteroatoms. The lowest BCUT2D eigenvalue weighted by molar-refractivity contribution is 0.769. The molecule has 2 heterocycles. The van der Waals surface area contributed by atoms with E-state index in [0.717, 1.165) is 22.2 Å². The van der Waals surface area contributed by atoms with Gasteiger partial charge in [0.1, 0.15) is 0 Å². The van der Waals surface area contributed by atoms with Crippen molar-refractivity contribution in [1.29, 1.82) is 0 Å². The number of rotatable bonds is 5. The Bertz CT molecular complexity index is 2340. The van der Waals surface area contributed by atoms with Crippen LogP contribution in [0.3, 0.4) is 0 Å². The normalized spacial score (nSPS) is 12.9. The molecule has 0 saturated carbocycles. The highest BCUT2D eigenvalue weighted by Gasteiger charge is 2.46. The van der Waals surface area contributed by atoms with Crippen molar-refractivity contribution in [1.82, 2.24) is 9.97 Å². The Balaban J connectivity index is 1.36. The smallest absolute Gasteiger partial charge is 0.0713 e. The zero-order valence-corrected chi connectivity index (χ0v) is 25.7. The van der Waals surface area contributed by atoms with Gasteiger partial charge < -0.3 is 0 Å². The molecular formula is C45H30N2. The van der Waals surface area contributed by atoms with Crippen LogP contribution in [0, 0.1) is 0 Å². The highest BCUT2D eigenvalue weighted by atomic mass is 14.7. The molecule has 220 valence electrons. The fourth-order valence-electron chi connectivity index (χ4n) is 7.56. The molecular weight excluding hydrogens is 569 g/mol. The summed E-state index contributed by atoms with van der Waals surface area (Å²) in [6, 6.07) is 61.5. The molecule has 0 aliphatic heterocycles. The Morgan fingerprint density at radius 1 is 0.362 bits per heavy atom. The molecule has 0 N–H and O–H groups in total. The third-order valence-corrected chi connectivity index (χ3v) is 9.67. The number of benzene rings is 6. The predicted molar refractivity (Wildman–Crippen MR) is 193 cm³/mol. The van der Waals surface area contributed by atoms with Gasteiger partial charge in [0.2, 0.25) is 0 Å². The van der Waals surface area contributed by atoms with Crippen molar-refractivity contribution in [3.05, 3.63) is 205 Å². The van der Waals surface area contributed by atoms with Gasteiger partial charge in [0.05, 0.1) is 16.6 Å². The van der Waals surface area contributed by atoms with Gasteiger partial charge >= 0.3 is 0 Å². The van der Waals surface area contributed by atoms with Crippen LogP contribution in [0.2, 0.25) is 0 Å². The second-order valence-electron chi connectivity index (χ2n) is 12.2. The van der Waals surface area contributed by atoms with E-state index in [1.54, 1.807) is 0 Å². The van der Waals surface area contributed by atoms with Gasteiger partial charge in [-0.15, -0.1) is 0 Å². The summed E-state index contributed by atoms with van der Waals surface area (Å²) in [6.45, 7) is 0. The van der Waals surface area contributed by atoms with Gasteiger partial charge in [-0.1, -0.05) is 127 Å². The monoisotopic (exact) mass is 598 g/mol. The van der Waals surface area contributed by atoms with Crippen LogP contribution in [-0.4, -0.2) is 9.97 Å². The second kappa shape index (κ2) is 11.0. The van der Waals surface area contributed by atoms with Crippen LogP contribution in [0.25, 0.3) is 55.5 Å². The second-order valence-corrected chi connectivity index (χ2v) is 12.2. The molecule has 2 nitrogen and oxygen atoms in total. The van der Waals surface area contributed by atoms with E-state index in [2.05, 4.69) is 162 Å². The lowest BCUT2D eigenvalue weighted by atomic mass is 9.67. The van der Waals surface area contributed by atoms with Crippen LogP contribution >= 0.6 is 0 Å². The van der Waals surface area contributed by atoms with E-state index in [0.29, 0.717) is 0 Å². The third-order valence-electron chi connectivity index (χ3n) is 9.67. The fourth-order valence-corrected chi connectivity index (χ4v) is 7.56. The van der Waals surface area contributed by atoms with E-state index in [-0.39, 0.29) is 0 Å². The Morgan fingerprint density at radius 3 is 1.74 bits per heavy atom. The number of nitrogens with zero attached hydrogens (tertiary/aromatic N) is 2. The molecule has 8 aromatic rings. The highest BCUT2D eigenvalue weighted by molar-refractivity contribution is 5.96. The first-order chi connectivity index (χ1) is 23.3. The van der Waals surface area contributed by atoms with Crippen LogP contribution < -0.4 is 0 Å². The maximum absolute atomic E-state index is 4.62. The molecule has 0 unspecified atom stereocenters. The van der Waals surface area contributed by atoms with Crippen molar-refractivity contribution in [2.75, 3.05) is 0 Å². The van der Waals surface area contributed by atoms with Gasteiger partial charge in [0.15, 0.2) is 0 Å². The van der Waals surface area contributed by atoms with E-state index in [1.165, 1.54) is 55.6 Å². The van der Waals surface area contributed by atoms with Crippen molar-refractivity contribution < 1.29 is 0 Å². The van der Waals surface area contributed by atoms with E-state index in [4.69, 9.17) is 0 Å². The standard InChI is InChI=1S/C45H30N2/c1-3-13-35(14-4-1)45(36-15-5-2-6-16-36)41-18-8-7-17-37(41)40-29-38(31-20-22-32(23-21-31)43-19-9-10-26-46-43)39(30-42(40)45)33-24-25-44-34(28-33)12-11-27-47-44/h1-30H. The zero-order valence-electron chi connectivity index (χ0n) is 25.7. The first kappa shape index (κ1) is 27.2. The van der Waals surface area contributed by atoms with Gasteiger partial charge in [-0.3, -0.25) is 9.97 Å². The summed E-state index contributed by atoms with van der Waals surface area (Å²) in [6.07, 6.45) is 3.71. The van der Waals surface area contributed by atoms with Crippen LogP contribution in [0.1, 0.15) is 22.3 Å². The number of hydrogen-bond acceptors (Lipinski definition) is 2. The minimum Gasteiger partial charge on any atom is -0.256 e. The van der Waals surface area contributed by atoms with Gasteiger partial charge in [-0.05, 0) is 98.1 Å². The Kier molecular flexibility index (Phi) is 6.39. The average Bonchev–Trinajstić information content (AvgIpc) is 3.45. The summed E-state index contributed by atoms with van der Waals surface area (Å²) in [5, 5.41) is 1.13. The lowest BCUT2D eigenvalue weighted by Crippen LogP contribution is -2.28. The van der Waals surface area contributed by atoms with Crippen molar-refractivity contribution in [2.24, 2.45) is 0 Å². The molecule has 0 spiro atoms. The predicted octanol–water partition coefficient (Wildman–Crippen LogP) is 11.0. The molecule has 9 rings (SSSR count). The van der Waals surface area contributed by atoms with E-state index in [9.17, 15) is 0 Å². The number of fused-ring (bicyclic) bond motifs is 4. The molecule has 0 atom stereocenters. The highest BCUT2D eigenvalue weighted by Crippen LogP contribution is 2.58. The third kappa shape index (κ3) is 4.34. The van der Waals surface area contributed by atoms with Gasteiger partial charge in [-0.2, -0.15) is 0 Å². The minimum atomic E-state index is -0.469. The first-order valence-corrected chi connectivity index (χ1v) is 16.1. The van der Waals surface area contributed by atoms with Gasteiger partial charge in [0, 0.05) is 23.3 Å². The molecule has 0 fully saturated rings. The first-order valence-electron chi connectivity index (χ1n) is 16.1. The summed E-state index contributed by atoms with van der Waals surface area (Å²) in [4.78, 5) is 9.20. The van der Waals surface area contributed by atoms with Crippen LogP contribution in [0.15, 0.2) is 182 Å². The van der Waals surface area contributed by atoms with Crippen LogP contribution in [0.4, 0.5) is 0 Å². The Labute approximate surface area is 274 Å². The Morgan fingerprint density at radius 2 is 1.00 bits per heavy atom. The molecule has 1 aliphatic carbocycles. The summed E-state index contributed by atoms with van der Waals surface area (Å²) >= 11 is 0. The van der Waals surface area contributed by atoms with Gasteiger partial charge in [-0.25, -0.2) is 0 Å². The average molecular weight is 599 g/mol. The zero-order chi connectivity index (χ0) is 31.2. The molecule has 6 aromatic carbocycles. The summed E-state index contributed by atoms with van der Waals surface area (Å²) in [5.41, 5.74) is 15.0. The van der Waals surface area contributed by atoms with E-state index in [1.807, 2.05) is 30.6 Å². The molecule has 1 aliphatic rings. The number of pyridine rings is 2. The minimum absolute atomic E-state index is 0.469. The lowest BCUT2D eigenvalue weighted by Gasteiger charge is -2.34. The SMILES string of the molecule is c1ccc(C2(c3ccccc3)c3ccccc3-c3cc(-c4ccc(-c5ccccn5)cc4)c(-c4ccc5ncccc5c4)cc32)cc1.